The van der Waals surface area contributed by atoms with Gasteiger partial charge in [0.25, 0.3) is 11.7 Å². The summed E-state index contributed by atoms with van der Waals surface area (Å²) in [6.07, 6.45) is 1.64. The lowest BCUT2D eigenvalue weighted by Gasteiger charge is -2.23. The maximum Gasteiger partial charge on any atom is 0.300 e. The number of rotatable bonds is 3. The first kappa shape index (κ1) is 18.9. The quantitative estimate of drug-likeness (QED) is 0.282. The maximum absolute atomic E-state index is 13.2. The molecule has 1 aliphatic heterocycles. The fourth-order valence-corrected chi connectivity index (χ4v) is 4.09. The van der Waals surface area contributed by atoms with Gasteiger partial charge in [-0.25, -0.2) is 0 Å². The number of aromatic nitrogens is 1. The summed E-state index contributed by atoms with van der Waals surface area (Å²) in [6, 6.07) is 17.4. The molecule has 4 aromatic rings. The SMILES string of the molecule is Cc1ccc(N2C(=O)C(=O)/C(=C(\O)c3c[nH]c4ccccc34)C2c2ccc(C)o2)cc1. The molecule has 0 spiro atoms. The number of furan rings is 1. The minimum Gasteiger partial charge on any atom is -0.507 e. The molecule has 31 heavy (non-hydrogen) atoms. The van der Waals surface area contributed by atoms with Gasteiger partial charge in [0.15, 0.2) is 0 Å². The number of aromatic amines is 1. The van der Waals surface area contributed by atoms with E-state index in [1.165, 1.54) is 4.90 Å². The van der Waals surface area contributed by atoms with E-state index < -0.39 is 17.7 Å². The van der Waals surface area contributed by atoms with E-state index in [2.05, 4.69) is 4.98 Å². The highest BCUT2D eigenvalue weighted by molar-refractivity contribution is 6.51. The molecular formula is C25H20N2O4. The Labute approximate surface area is 178 Å². The van der Waals surface area contributed by atoms with E-state index in [1.54, 1.807) is 37.4 Å². The first-order chi connectivity index (χ1) is 15.0. The van der Waals surface area contributed by atoms with Gasteiger partial charge in [0.1, 0.15) is 23.3 Å². The Morgan fingerprint density at radius 3 is 2.45 bits per heavy atom. The fourth-order valence-electron chi connectivity index (χ4n) is 4.09. The fraction of sp³-hybridized carbons (Fsp3) is 0.120. The zero-order valence-corrected chi connectivity index (χ0v) is 17.0. The average Bonchev–Trinajstić information content (AvgIpc) is 3.45. The number of aliphatic hydroxyl groups is 1. The van der Waals surface area contributed by atoms with Gasteiger partial charge in [-0.3, -0.25) is 14.5 Å². The van der Waals surface area contributed by atoms with Crippen molar-refractivity contribution in [3.63, 3.8) is 0 Å². The predicted octanol–water partition coefficient (Wildman–Crippen LogP) is 5.00. The van der Waals surface area contributed by atoms with Crippen molar-refractivity contribution in [3.05, 3.63) is 95.1 Å². The summed E-state index contributed by atoms with van der Waals surface area (Å²) in [4.78, 5) is 30.8. The Morgan fingerprint density at radius 1 is 1.00 bits per heavy atom. The van der Waals surface area contributed by atoms with E-state index >= 15 is 0 Å². The van der Waals surface area contributed by atoms with Gasteiger partial charge in [0.2, 0.25) is 0 Å². The number of nitrogens with zero attached hydrogens (tertiary/aromatic N) is 1. The van der Waals surface area contributed by atoms with Crippen LogP contribution in [0.2, 0.25) is 0 Å². The number of nitrogens with one attached hydrogen (secondary N) is 1. The van der Waals surface area contributed by atoms with Gasteiger partial charge in [0.05, 0.1) is 5.57 Å². The van der Waals surface area contributed by atoms with Crippen LogP contribution in [-0.2, 0) is 9.59 Å². The number of hydrogen-bond donors (Lipinski definition) is 2. The van der Waals surface area contributed by atoms with E-state index in [-0.39, 0.29) is 11.3 Å². The molecule has 0 radical (unpaired) electrons. The highest BCUT2D eigenvalue weighted by Crippen LogP contribution is 2.43. The summed E-state index contributed by atoms with van der Waals surface area (Å²) >= 11 is 0. The van der Waals surface area contributed by atoms with Gasteiger partial charge >= 0.3 is 0 Å². The number of H-pyrrole nitrogens is 1. The van der Waals surface area contributed by atoms with Gasteiger partial charge in [-0.05, 0) is 44.2 Å². The number of ketones is 1. The number of carbonyl (C=O) groups excluding carboxylic acids is 2. The molecule has 5 rings (SSSR count). The standard InChI is InChI=1S/C25H20N2O4/c1-14-7-10-16(11-8-14)27-22(20-12-9-15(2)31-20)21(24(29)25(27)30)23(28)18-13-26-19-6-4-3-5-17(18)19/h3-13,22,26,28H,1-2H3/b23-21-. The minimum atomic E-state index is -0.870. The molecule has 6 nitrogen and oxygen atoms in total. The number of carbonyl (C=O) groups is 2. The molecule has 2 aromatic carbocycles. The average molecular weight is 412 g/mol. The van der Waals surface area contributed by atoms with Gasteiger partial charge in [-0.1, -0.05) is 35.9 Å². The highest BCUT2D eigenvalue weighted by Gasteiger charge is 2.48. The third kappa shape index (κ3) is 2.95. The molecule has 1 unspecified atom stereocenters. The molecular weight excluding hydrogens is 392 g/mol. The number of amides is 1. The normalized spacial score (nSPS) is 18.3. The highest BCUT2D eigenvalue weighted by atomic mass is 16.3. The lowest BCUT2D eigenvalue weighted by molar-refractivity contribution is -0.132. The van der Waals surface area contributed by atoms with E-state index in [0.717, 1.165) is 16.5 Å². The molecule has 6 heteroatoms. The number of aliphatic hydroxyl groups excluding tert-OH is 1. The van der Waals surface area contributed by atoms with Gasteiger partial charge in [-0.15, -0.1) is 0 Å². The second-order valence-electron chi connectivity index (χ2n) is 7.70. The molecule has 1 amide bonds. The Balaban J connectivity index is 1.75. The number of Topliss-reactive ketones (excluding diaryl/α,β-unsaturated/α-hetero) is 1. The van der Waals surface area contributed by atoms with Crippen LogP contribution in [0.5, 0.6) is 0 Å². The van der Waals surface area contributed by atoms with Crippen molar-refractivity contribution in [2.45, 2.75) is 19.9 Å². The van der Waals surface area contributed by atoms with Crippen molar-refractivity contribution in [3.8, 4) is 0 Å². The number of benzene rings is 2. The summed E-state index contributed by atoms with van der Waals surface area (Å²) in [5.41, 5.74) is 2.88. The molecule has 1 saturated heterocycles. The zero-order valence-electron chi connectivity index (χ0n) is 17.0. The van der Waals surface area contributed by atoms with Crippen LogP contribution in [0.25, 0.3) is 16.7 Å². The summed E-state index contributed by atoms with van der Waals surface area (Å²) < 4.78 is 5.83. The van der Waals surface area contributed by atoms with Crippen LogP contribution in [0.3, 0.4) is 0 Å². The molecule has 0 aliphatic carbocycles. The summed E-state index contributed by atoms with van der Waals surface area (Å²) in [7, 11) is 0. The van der Waals surface area contributed by atoms with Crippen LogP contribution in [0.4, 0.5) is 5.69 Å². The largest absolute Gasteiger partial charge is 0.507 e. The number of aryl methyl sites for hydroxylation is 2. The van der Waals surface area contributed by atoms with E-state index in [0.29, 0.717) is 22.8 Å². The number of fused-ring (bicyclic) bond motifs is 1. The lowest BCUT2D eigenvalue weighted by Crippen LogP contribution is -2.29. The third-order valence-corrected chi connectivity index (χ3v) is 5.63. The Kier molecular flexibility index (Phi) is 4.29. The maximum atomic E-state index is 13.2. The predicted molar refractivity (Wildman–Crippen MR) is 118 cm³/mol. The van der Waals surface area contributed by atoms with Crippen LogP contribution in [0.15, 0.2) is 76.9 Å². The van der Waals surface area contributed by atoms with Crippen molar-refractivity contribution < 1.29 is 19.1 Å². The zero-order chi connectivity index (χ0) is 21.7. The minimum absolute atomic E-state index is 0.00433. The van der Waals surface area contributed by atoms with Crippen molar-refractivity contribution in [2.75, 3.05) is 4.90 Å². The third-order valence-electron chi connectivity index (χ3n) is 5.63. The number of para-hydroxylation sites is 1. The summed E-state index contributed by atoms with van der Waals surface area (Å²) in [5, 5.41) is 12.0. The van der Waals surface area contributed by atoms with Crippen LogP contribution >= 0.6 is 0 Å². The molecule has 1 aliphatic rings. The van der Waals surface area contributed by atoms with Gasteiger partial charge < -0.3 is 14.5 Å². The number of hydrogen-bond acceptors (Lipinski definition) is 4. The lowest BCUT2D eigenvalue weighted by atomic mass is 9.99. The van der Waals surface area contributed by atoms with Crippen molar-refractivity contribution in [2.24, 2.45) is 0 Å². The number of anilines is 1. The van der Waals surface area contributed by atoms with Crippen LogP contribution in [-0.4, -0.2) is 21.8 Å². The molecule has 154 valence electrons. The first-order valence-electron chi connectivity index (χ1n) is 9.96. The van der Waals surface area contributed by atoms with E-state index in [4.69, 9.17) is 4.42 Å². The Morgan fingerprint density at radius 2 is 1.74 bits per heavy atom. The van der Waals surface area contributed by atoms with Crippen molar-refractivity contribution in [1.82, 2.24) is 4.98 Å². The van der Waals surface area contributed by atoms with Crippen molar-refractivity contribution in [1.29, 1.82) is 0 Å². The van der Waals surface area contributed by atoms with E-state index in [9.17, 15) is 14.7 Å². The molecule has 1 atom stereocenters. The molecule has 2 N–H and O–H groups in total. The summed E-state index contributed by atoms with van der Waals surface area (Å²) in [5.74, 6) is -0.619. The second kappa shape index (κ2) is 7.02. The molecule has 2 aromatic heterocycles. The molecule has 0 bridgehead atoms. The van der Waals surface area contributed by atoms with Crippen molar-refractivity contribution >= 4 is 34.0 Å². The Hall–Kier alpha value is -4.06. The first-order valence-corrected chi connectivity index (χ1v) is 9.96. The molecule has 1 fully saturated rings. The molecule has 0 saturated carbocycles. The van der Waals surface area contributed by atoms with Gasteiger partial charge in [0, 0.05) is 28.4 Å². The Bertz CT molecular complexity index is 1360. The van der Waals surface area contributed by atoms with E-state index in [1.807, 2.05) is 43.3 Å². The topological polar surface area (TPSA) is 86.5 Å². The summed E-state index contributed by atoms with van der Waals surface area (Å²) in [6.45, 7) is 3.74. The van der Waals surface area contributed by atoms with Gasteiger partial charge in [-0.2, -0.15) is 0 Å². The second-order valence-corrected chi connectivity index (χ2v) is 7.70. The van der Waals surface area contributed by atoms with Crippen LogP contribution < -0.4 is 4.90 Å². The van der Waals surface area contributed by atoms with Crippen LogP contribution in [0, 0.1) is 13.8 Å². The molecule has 3 heterocycles. The smallest absolute Gasteiger partial charge is 0.300 e. The monoisotopic (exact) mass is 412 g/mol. The van der Waals surface area contributed by atoms with Crippen LogP contribution in [0.1, 0.15) is 28.7 Å².